The Labute approximate surface area is 299 Å². The number of ketones is 1. The van der Waals surface area contributed by atoms with Crippen molar-refractivity contribution in [3.63, 3.8) is 0 Å². The number of hydrogen-bond acceptors (Lipinski definition) is 10. The molecule has 0 radical (unpaired) electrons. The van der Waals surface area contributed by atoms with Crippen molar-refractivity contribution in [2.24, 2.45) is 5.73 Å². The molecule has 3 atom stereocenters. The van der Waals surface area contributed by atoms with E-state index in [9.17, 15) is 9.36 Å². The molecule has 0 aliphatic rings. The number of fused-ring (bicyclic) bond motifs is 1. The summed E-state index contributed by atoms with van der Waals surface area (Å²) in [6, 6.07) is 28.2. The van der Waals surface area contributed by atoms with Crippen molar-refractivity contribution in [2.75, 3.05) is 30.6 Å². The zero-order valence-corrected chi connectivity index (χ0v) is 30.1. The number of anilines is 2. The number of benzene rings is 3. The van der Waals surface area contributed by atoms with Gasteiger partial charge in [0.15, 0.2) is 17.0 Å². The summed E-state index contributed by atoms with van der Waals surface area (Å²) in [5.74, 6) is 0.871. The fraction of sp³-hybridized carbons (Fsp3) is 0.278. The average Bonchev–Trinajstić information content (AvgIpc) is 3.49. The second-order valence-corrected chi connectivity index (χ2v) is 13.5. The van der Waals surface area contributed by atoms with Gasteiger partial charge in [-0.3, -0.25) is 9.36 Å². The van der Waals surface area contributed by atoms with Crippen LogP contribution in [0.25, 0.3) is 11.2 Å². The van der Waals surface area contributed by atoms with Crippen LogP contribution in [0.4, 0.5) is 11.8 Å². The number of ether oxygens (including phenoxy) is 1. The van der Waals surface area contributed by atoms with Gasteiger partial charge in [0.25, 0.3) is 0 Å². The number of nitrogens with two attached hydrogens (primary N) is 2. The van der Waals surface area contributed by atoms with Crippen LogP contribution in [-0.4, -0.2) is 56.9 Å². The summed E-state index contributed by atoms with van der Waals surface area (Å²) in [6.07, 6.45) is 4.40. The molecule has 0 fully saturated rings. The van der Waals surface area contributed by atoms with Crippen LogP contribution in [0.15, 0.2) is 110 Å². The number of rotatable bonds is 17. The third-order valence-corrected chi connectivity index (χ3v) is 8.89. The number of nitrogen functional groups attached to an aromatic ring is 1. The first-order chi connectivity index (χ1) is 23.7. The number of nitrogens with zero attached hydrogens (tertiary/aromatic N) is 4. The minimum absolute atomic E-state index is 0. The number of para-hydroxylation sites is 1. The predicted octanol–water partition coefficient (Wildman–Crippen LogP) is 6.04. The molecule has 0 saturated carbocycles. The van der Waals surface area contributed by atoms with Crippen LogP contribution in [0.1, 0.15) is 25.0 Å². The van der Waals surface area contributed by atoms with Gasteiger partial charge in [0.1, 0.15) is 17.9 Å². The first-order valence-electron chi connectivity index (χ1n) is 16.0. The molecular formula is C36H46ClN8O4P. The summed E-state index contributed by atoms with van der Waals surface area (Å²) < 4.78 is 27.5. The number of carbonyl (C=O) groups is 1. The molecule has 50 heavy (non-hydrogen) atoms. The maximum atomic E-state index is 14.0. The average molecular weight is 721 g/mol. The highest BCUT2D eigenvalue weighted by Gasteiger charge is 2.31. The van der Waals surface area contributed by atoms with E-state index in [1.807, 2.05) is 61.5 Å². The molecule has 0 aliphatic carbocycles. The maximum absolute atomic E-state index is 14.0. The van der Waals surface area contributed by atoms with Crippen LogP contribution >= 0.6 is 19.9 Å². The van der Waals surface area contributed by atoms with E-state index in [4.69, 9.17) is 20.7 Å². The topological polar surface area (TPSA) is 172 Å². The van der Waals surface area contributed by atoms with E-state index < -0.39 is 13.6 Å². The first kappa shape index (κ1) is 39.9. The smallest absolute Gasteiger partial charge is 0.342 e. The van der Waals surface area contributed by atoms with E-state index in [-0.39, 0.29) is 43.1 Å². The number of imidazole rings is 1. The molecule has 5 aromatic rings. The minimum atomic E-state index is -3.65. The van der Waals surface area contributed by atoms with Gasteiger partial charge in [-0.25, -0.2) is 10.1 Å². The first-order valence-corrected chi connectivity index (χ1v) is 17.8. The molecule has 1 unspecified atom stereocenters. The summed E-state index contributed by atoms with van der Waals surface area (Å²) in [4.78, 5) is 25.4. The highest BCUT2D eigenvalue weighted by Crippen LogP contribution is 2.44. The van der Waals surface area contributed by atoms with Gasteiger partial charge < -0.3 is 30.6 Å². The zero-order valence-electron chi connectivity index (χ0n) is 28.4. The molecule has 5 rings (SSSR count). The van der Waals surface area contributed by atoms with Gasteiger partial charge in [0.2, 0.25) is 5.95 Å². The maximum Gasteiger partial charge on any atom is 0.342 e. The van der Waals surface area contributed by atoms with Crippen molar-refractivity contribution in [1.29, 1.82) is 0 Å². The molecule has 2 aromatic heterocycles. The van der Waals surface area contributed by atoms with Crippen LogP contribution in [0, 0.1) is 0 Å². The van der Waals surface area contributed by atoms with Crippen molar-refractivity contribution in [3.8, 4) is 5.75 Å². The Morgan fingerprint density at radius 1 is 0.980 bits per heavy atom. The fourth-order valence-electron chi connectivity index (χ4n) is 4.86. The quantitative estimate of drug-likeness (QED) is 0.0501. The number of carbonyl (C=O) groups excluding carboxylic acids is 1. The molecule has 266 valence electrons. The van der Waals surface area contributed by atoms with E-state index in [0.29, 0.717) is 42.2 Å². The van der Waals surface area contributed by atoms with Crippen LogP contribution in [0.2, 0.25) is 0 Å². The summed E-state index contributed by atoms with van der Waals surface area (Å²) in [7, 11) is -3.65. The van der Waals surface area contributed by atoms with Gasteiger partial charge in [-0.1, -0.05) is 84.9 Å². The fourth-order valence-corrected chi connectivity index (χ4v) is 6.62. The van der Waals surface area contributed by atoms with Crippen molar-refractivity contribution in [3.05, 3.63) is 121 Å². The number of nitrogens with one attached hydrogen (secondary N) is 2. The lowest BCUT2D eigenvalue weighted by atomic mass is 10.0. The highest BCUT2D eigenvalue weighted by atomic mass is 35.5. The molecule has 3 aromatic carbocycles. The number of aromatic nitrogens is 4. The molecule has 6 N–H and O–H groups in total. The third kappa shape index (κ3) is 12.7. The molecule has 0 spiro atoms. The Morgan fingerprint density at radius 3 is 2.16 bits per heavy atom. The molecule has 0 aliphatic heterocycles. The van der Waals surface area contributed by atoms with E-state index in [2.05, 4.69) is 44.1 Å². The summed E-state index contributed by atoms with van der Waals surface area (Å²) in [6.45, 7) is 8.21. The van der Waals surface area contributed by atoms with E-state index >= 15 is 0 Å². The van der Waals surface area contributed by atoms with Crippen LogP contribution in [0.3, 0.4) is 0 Å². The second kappa shape index (κ2) is 20.2. The molecule has 12 nitrogen and oxygen atoms in total. The Morgan fingerprint density at radius 2 is 1.58 bits per heavy atom. The molecule has 0 amide bonds. The highest BCUT2D eigenvalue weighted by molar-refractivity contribution is 7.57. The monoisotopic (exact) mass is 720 g/mol. The second-order valence-electron chi connectivity index (χ2n) is 11.5. The van der Waals surface area contributed by atoms with Gasteiger partial charge in [0.05, 0.1) is 19.0 Å². The number of Topliss-reactive ketones (excluding diaryl/α,β-unsaturated/α-hetero) is 1. The lowest BCUT2D eigenvalue weighted by Gasteiger charge is -2.25. The Hall–Kier alpha value is -4.58. The molecular weight excluding hydrogens is 675 g/mol. The van der Waals surface area contributed by atoms with Gasteiger partial charge in [-0.05, 0) is 49.9 Å². The van der Waals surface area contributed by atoms with Crippen LogP contribution in [-0.2, 0) is 33.5 Å². The molecule has 0 saturated heterocycles. The van der Waals surface area contributed by atoms with Crippen LogP contribution in [0.5, 0.6) is 5.75 Å². The Bertz CT molecular complexity index is 1810. The summed E-state index contributed by atoms with van der Waals surface area (Å²) >= 11 is 0. The predicted molar refractivity (Wildman–Crippen MR) is 203 cm³/mol. The SMILES string of the molecule is C=CCNc1nc(N)nc2c1ncn2CCOCP(=O)(N[C@@H](Cc1ccccc1)C(C)=O)Oc1ccccc1.C[C@@H](N)Cc1ccccc1.Cl. The van der Waals surface area contributed by atoms with Gasteiger partial charge in [-0.15, -0.1) is 19.0 Å². The van der Waals surface area contributed by atoms with Crippen molar-refractivity contribution >= 4 is 48.6 Å². The molecule has 2 heterocycles. The number of hydrogen-bond donors (Lipinski definition) is 4. The van der Waals surface area contributed by atoms with Gasteiger partial charge in [0, 0.05) is 19.1 Å². The zero-order chi connectivity index (χ0) is 35.1. The minimum Gasteiger partial charge on any atom is -0.431 e. The lowest BCUT2D eigenvalue weighted by Crippen LogP contribution is -2.37. The van der Waals surface area contributed by atoms with Gasteiger partial charge in [-0.2, -0.15) is 9.97 Å². The summed E-state index contributed by atoms with van der Waals surface area (Å²) in [5.41, 5.74) is 14.9. The van der Waals surface area contributed by atoms with Gasteiger partial charge >= 0.3 is 7.52 Å². The molecule has 14 heteroatoms. The normalized spacial score (nSPS) is 13.1. The van der Waals surface area contributed by atoms with Crippen molar-refractivity contribution in [2.45, 2.75) is 45.3 Å². The Balaban J connectivity index is 0.000000529. The van der Waals surface area contributed by atoms with E-state index in [1.165, 1.54) is 12.5 Å². The van der Waals surface area contributed by atoms with Crippen molar-refractivity contribution < 1.29 is 18.6 Å². The standard InChI is InChI=1S/C27H32N7O4P.C9H13N.ClH/c1-3-14-29-25-24-26(32-27(28)31-25)34(18-30-24)15-16-37-19-39(36,38-22-12-8-5-9-13-22)33-23(20(2)35)17-21-10-6-4-7-11-21;1-8(10)7-9-5-3-2-4-6-9;/h3-13,18,23H,1,14-17,19H2,2H3,(H,33,36)(H3,28,29,31,32);2-6,8H,7,10H2,1H3;1H/t23-,39?;8-;/m01./s1. The van der Waals surface area contributed by atoms with E-state index in [0.717, 1.165) is 12.0 Å². The van der Waals surface area contributed by atoms with Crippen LogP contribution < -0.4 is 26.4 Å². The third-order valence-electron chi connectivity index (χ3n) is 7.16. The largest absolute Gasteiger partial charge is 0.431 e. The number of halogens is 1. The lowest BCUT2D eigenvalue weighted by molar-refractivity contribution is -0.118. The molecule has 0 bridgehead atoms. The summed E-state index contributed by atoms with van der Waals surface area (Å²) in [5, 5.41) is 6.07. The Kier molecular flexibility index (Phi) is 16.1. The van der Waals surface area contributed by atoms with Crippen molar-refractivity contribution in [1.82, 2.24) is 24.6 Å². The van der Waals surface area contributed by atoms with E-state index in [1.54, 1.807) is 41.2 Å².